The molecule has 3 N–H and O–H groups in total. The molecular weight excluding hydrogens is 342 g/mol. The molecule has 1 aromatic carbocycles. The summed E-state index contributed by atoms with van der Waals surface area (Å²) in [6.07, 6.45) is 3.09. The van der Waals surface area contributed by atoms with Crippen molar-refractivity contribution in [2.45, 2.75) is 32.6 Å². The van der Waals surface area contributed by atoms with E-state index < -0.39 is 0 Å². The molecule has 140 valence electrons. The van der Waals surface area contributed by atoms with Crippen LogP contribution in [0.1, 0.15) is 32.6 Å². The van der Waals surface area contributed by atoms with Gasteiger partial charge in [0.15, 0.2) is 0 Å². The van der Waals surface area contributed by atoms with Gasteiger partial charge < -0.3 is 20.7 Å². The molecule has 1 atom stereocenters. The summed E-state index contributed by atoms with van der Waals surface area (Å²) >= 11 is 0. The van der Waals surface area contributed by atoms with Crippen LogP contribution in [0.5, 0.6) is 5.75 Å². The number of piperidine rings is 1. The molecule has 1 heterocycles. The van der Waals surface area contributed by atoms with Crippen LogP contribution in [-0.4, -0.2) is 43.0 Å². The van der Waals surface area contributed by atoms with Crippen molar-refractivity contribution in [1.82, 2.24) is 4.90 Å². The summed E-state index contributed by atoms with van der Waals surface area (Å²) in [4.78, 5) is 26.3. The Bertz CT molecular complexity index is 551. The zero-order chi connectivity index (χ0) is 17.4. The van der Waals surface area contributed by atoms with Crippen LogP contribution in [0.15, 0.2) is 24.3 Å². The van der Waals surface area contributed by atoms with Gasteiger partial charge in [0.25, 0.3) is 0 Å². The normalized spacial score (nSPS) is 16.7. The molecule has 0 aliphatic carbocycles. The number of amides is 2. The summed E-state index contributed by atoms with van der Waals surface area (Å²) in [6, 6.07) is 7.24. The van der Waals surface area contributed by atoms with E-state index >= 15 is 0 Å². The summed E-state index contributed by atoms with van der Waals surface area (Å²) in [5, 5.41) is 2.93. The summed E-state index contributed by atoms with van der Waals surface area (Å²) in [5.74, 6) is 0.705. The number of likely N-dealkylation sites (tertiary alicyclic amines) is 1. The maximum Gasteiger partial charge on any atom is 0.229 e. The number of rotatable bonds is 7. The third-order valence-corrected chi connectivity index (χ3v) is 4.12. The molecule has 25 heavy (non-hydrogen) atoms. The molecule has 1 unspecified atom stereocenters. The molecule has 0 bridgehead atoms. The van der Waals surface area contributed by atoms with E-state index in [1.807, 2.05) is 36.1 Å². The Kier molecular flexibility index (Phi) is 9.31. The second-order valence-electron chi connectivity index (χ2n) is 6.08. The Morgan fingerprint density at radius 3 is 2.68 bits per heavy atom. The Hall–Kier alpha value is -1.79. The lowest BCUT2D eigenvalue weighted by Crippen LogP contribution is -2.43. The van der Waals surface area contributed by atoms with Crippen molar-refractivity contribution in [2.24, 2.45) is 11.7 Å². The highest BCUT2D eigenvalue weighted by molar-refractivity contribution is 5.93. The van der Waals surface area contributed by atoms with Crippen LogP contribution >= 0.6 is 12.4 Å². The molecule has 1 saturated heterocycles. The van der Waals surface area contributed by atoms with Crippen LogP contribution in [0.2, 0.25) is 0 Å². The van der Waals surface area contributed by atoms with Crippen LogP contribution < -0.4 is 15.8 Å². The van der Waals surface area contributed by atoms with Gasteiger partial charge in [-0.25, -0.2) is 0 Å². The quantitative estimate of drug-likeness (QED) is 0.773. The van der Waals surface area contributed by atoms with Crippen molar-refractivity contribution < 1.29 is 14.3 Å². The number of nitrogens with one attached hydrogen (secondary N) is 1. The Morgan fingerprint density at radius 2 is 2.04 bits per heavy atom. The number of nitrogens with two attached hydrogens (primary N) is 1. The van der Waals surface area contributed by atoms with E-state index in [1.54, 1.807) is 0 Å². The van der Waals surface area contributed by atoms with Gasteiger partial charge in [0.2, 0.25) is 11.8 Å². The van der Waals surface area contributed by atoms with Crippen LogP contribution in [0, 0.1) is 5.92 Å². The number of nitrogens with zero attached hydrogens (tertiary/aromatic N) is 1. The monoisotopic (exact) mass is 369 g/mol. The standard InChI is InChI=1S/C18H27N3O3.ClH/c1-2-4-17(22)21-11-3-5-14(13-21)18(23)20-15-6-8-16(9-7-15)24-12-10-19;/h6-9,14H,2-5,10-13,19H2,1H3,(H,20,23);1H. The topological polar surface area (TPSA) is 84.7 Å². The molecule has 1 aromatic rings. The second-order valence-corrected chi connectivity index (χ2v) is 6.08. The fourth-order valence-corrected chi connectivity index (χ4v) is 2.85. The second kappa shape index (κ2) is 10.9. The minimum atomic E-state index is -0.146. The van der Waals surface area contributed by atoms with Gasteiger partial charge in [0.1, 0.15) is 12.4 Å². The van der Waals surface area contributed by atoms with Gasteiger partial charge in [-0.2, -0.15) is 0 Å². The van der Waals surface area contributed by atoms with E-state index in [1.165, 1.54) is 0 Å². The van der Waals surface area contributed by atoms with Crippen molar-refractivity contribution in [3.63, 3.8) is 0 Å². The van der Waals surface area contributed by atoms with Crippen LogP contribution in [0.3, 0.4) is 0 Å². The molecule has 0 radical (unpaired) electrons. The molecule has 0 saturated carbocycles. The maximum absolute atomic E-state index is 12.5. The van der Waals surface area contributed by atoms with Gasteiger partial charge in [-0.3, -0.25) is 9.59 Å². The molecule has 0 spiro atoms. The largest absolute Gasteiger partial charge is 0.492 e. The lowest BCUT2D eigenvalue weighted by molar-refractivity contribution is -0.134. The number of hydrogen-bond acceptors (Lipinski definition) is 4. The van der Waals surface area contributed by atoms with Crippen molar-refractivity contribution in [3.05, 3.63) is 24.3 Å². The summed E-state index contributed by atoms with van der Waals surface area (Å²) < 4.78 is 5.41. The van der Waals surface area contributed by atoms with Gasteiger partial charge in [-0.15, -0.1) is 12.4 Å². The van der Waals surface area contributed by atoms with Gasteiger partial charge in [-0.05, 0) is 43.5 Å². The van der Waals surface area contributed by atoms with E-state index in [4.69, 9.17) is 10.5 Å². The van der Waals surface area contributed by atoms with E-state index in [-0.39, 0.29) is 30.1 Å². The number of ether oxygens (including phenoxy) is 1. The average Bonchev–Trinajstić information content (AvgIpc) is 2.61. The minimum Gasteiger partial charge on any atom is -0.492 e. The Balaban J connectivity index is 0.00000312. The maximum atomic E-state index is 12.5. The zero-order valence-corrected chi connectivity index (χ0v) is 15.5. The van der Waals surface area contributed by atoms with Crippen LogP contribution in [0.25, 0.3) is 0 Å². The predicted octanol–water partition coefficient (Wildman–Crippen LogP) is 2.42. The smallest absolute Gasteiger partial charge is 0.229 e. The van der Waals surface area contributed by atoms with Crippen molar-refractivity contribution >= 4 is 29.9 Å². The number of carbonyl (C=O) groups excluding carboxylic acids is 2. The Labute approximate surface area is 155 Å². The molecule has 1 aliphatic rings. The van der Waals surface area contributed by atoms with Gasteiger partial charge in [-0.1, -0.05) is 6.92 Å². The highest BCUT2D eigenvalue weighted by Crippen LogP contribution is 2.21. The summed E-state index contributed by atoms with van der Waals surface area (Å²) in [5.41, 5.74) is 6.13. The number of benzene rings is 1. The first kappa shape index (κ1) is 21.3. The van der Waals surface area contributed by atoms with Gasteiger partial charge in [0, 0.05) is 31.7 Å². The first-order valence-corrected chi connectivity index (χ1v) is 8.65. The minimum absolute atomic E-state index is 0. The average molecular weight is 370 g/mol. The number of carbonyl (C=O) groups is 2. The van der Waals surface area contributed by atoms with Crippen molar-refractivity contribution in [1.29, 1.82) is 0 Å². The molecule has 1 aliphatic heterocycles. The third kappa shape index (κ3) is 6.55. The highest BCUT2D eigenvalue weighted by Gasteiger charge is 2.28. The Morgan fingerprint density at radius 1 is 1.32 bits per heavy atom. The van der Waals surface area contributed by atoms with Gasteiger partial charge >= 0.3 is 0 Å². The van der Waals surface area contributed by atoms with E-state index in [9.17, 15) is 9.59 Å². The molecule has 2 rings (SSSR count). The van der Waals surface area contributed by atoms with E-state index in [0.29, 0.717) is 26.1 Å². The molecule has 7 heteroatoms. The summed E-state index contributed by atoms with van der Waals surface area (Å²) in [6.45, 7) is 4.20. The highest BCUT2D eigenvalue weighted by atomic mass is 35.5. The fourth-order valence-electron chi connectivity index (χ4n) is 2.85. The fraction of sp³-hybridized carbons (Fsp3) is 0.556. The number of halogens is 1. The molecule has 1 fully saturated rings. The molecule has 2 amide bonds. The third-order valence-electron chi connectivity index (χ3n) is 4.12. The van der Waals surface area contributed by atoms with E-state index in [2.05, 4.69) is 5.32 Å². The SMILES string of the molecule is CCCC(=O)N1CCCC(C(=O)Nc2ccc(OCCN)cc2)C1.Cl. The van der Waals surface area contributed by atoms with Gasteiger partial charge in [0.05, 0.1) is 5.92 Å². The zero-order valence-electron chi connectivity index (χ0n) is 14.7. The lowest BCUT2D eigenvalue weighted by atomic mass is 9.96. The molecule has 6 nitrogen and oxygen atoms in total. The van der Waals surface area contributed by atoms with Crippen molar-refractivity contribution in [2.75, 3.05) is 31.6 Å². The lowest BCUT2D eigenvalue weighted by Gasteiger charge is -2.32. The summed E-state index contributed by atoms with van der Waals surface area (Å²) in [7, 11) is 0. The predicted molar refractivity (Wildman–Crippen MR) is 101 cm³/mol. The first-order valence-electron chi connectivity index (χ1n) is 8.65. The van der Waals surface area contributed by atoms with E-state index in [0.717, 1.165) is 37.2 Å². The van der Waals surface area contributed by atoms with Crippen LogP contribution in [-0.2, 0) is 9.59 Å². The molecule has 0 aromatic heterocycles. The first-order chi connectivity index (χ1) is 11.6. The van der Waals surface area contributed by atoms with Crippen molar-refractivity contribution in [3.8, 4) is 5.75 Å². The number of hydrogen-bond donors (Lipinski definition) is 2. The number of anilines is 1. The molecular formula is C18H28ClN3O3. The van der Waals surface area contributed by atoms with Crippen LogP contribution in [0.4, 0.5) is 5.69 Å².